The van der Waals surface area contributed by atoms with Crippen molar-refractivity contribution in [2.75, 3.05) is 13.2 Å². The Bertz CT molecular complexity index is 769. The highest BCUT2D eigenvalue weighted by atomic mass is 32.1. The largest absolute Gasteiger partial charge is 0.374 e. The van der Waals surface area contributed by atoms with Crippen molar-refractivity contribution in [2.45, 2.75) is 38.0 Å². The summed E-state index contributed by atoms with van der Waals surface area (Å²) in [6.45, 7) is 1.26. The van der Waals surface area contributed by atoms with Gasteiger partial charge in [-0.1, -0.05) is 0 Å². The van der Waals surface area contributed by atoms with Crippen molar-refractivity contribution in [1.29, 1.82) is 0 Å². The van der Waals surface area contributed by atoms with Crippen LogP contribution in [0.2, 0.25) is 0 Å². The lowest BCUT2D eigenvalue weighted by molar-refractivity contribution is -0.144. The van der Waals surface area contributed by atoms with Crippen LogP contribution in [0.1, 0.15) is 19.3 Å². The van der Waals surface area contributed by atoms with Gasteiger partial charge >= 0.3 is 0 Å². The molecule has 0 spiro atoms. The van der Waals surface area contributed by atoms with Crippen molar-refractivity contribution >= 4 is 27.5 Å². The first kappa shape index (κ1) is 13.9. The van der Waals surface area contributed by atoms with Crippen LogP contribution in [-0.2, 0) is 16.1 Å². The summed E-state index contributed by atoms with van der Waals surface area (Å²) in [5, 5.41) is 2.43. The fourth-order valence-electron chi connectivity index (χ4n) is 3.48. The van der Waals surface area contributed by atoms with E-state index in [0.717, 1.165) is 24.1 Å². The SMILES string of the molecule is O=C(Cn1cnc2sccc2c1=O)N1CCO[C@H]2CCC[C@@H]21. The molecule has 1 saturated heterocycles. The summed E-state index contributed by atoms with van der Waals surface area (Å²) in [6, 6.07) is 1.94. The van der Waals surface area contributed by atoms with Gasteiger partial charge in [-0.05, 0) is 30.7 Å². The summed E-state index contributed by atoms with van der Waals surface area (Å²) in [4.78, 5) is 31.9. The molecule has 7 heteroatoms. The Hall–Kier alpha value is -1.73. The van der Waals surface area contributed by atoms with Gasteiger partial charge in [0.25, 0.3) is 5.56 Å². The van der Waals surface area contributed by atoms with Crippen molar-refractivity contribution in [3.63, 3.8) is 0 Å². The predicted octanol–water partition coefficient (Wildman–Crippen LogP) is 1.24. The predicted molar refractivity (Wildman–Crippen MR) is 83.0 cm³/mol. The molecule has 0 radical (unpaired) electrons. The molecule has 6 nitrogen and oxygen atoms in total. The Balaban J connectivity index is 1.58. The average Bonchev–Trinajstić information content (AvgIpc) is 3.18. The fraction of sp³-hybridized carbons (Fsp3) is 0.533. The Morgan fingerprint density at radius 3 is 3.27 bits per heavy atom. The molecule has 2 aliphatic rings. The van der Waals surface area contributed by atoms with E-state index in [0.29, 0.717) is 18.5 Å². The normalized spacial score (nSPS) is 24.6. The minimum atomic E-state index is -0.143. The third-order valence-electron chi connectivity index (χ3n) is 4.56. The molecule has 1 saturated carbocycles. The van der Waals surface area contributed by atoms with E-state index in [-0.39, 0.29) is 30.2 Å². The monoisotopic (exact) mass is 319 g/mol. The number of aromatic nitrogens is 2. The van der Waals surface area contributed by atoms with Gasteiger partial charge in [-0.2, -0.15) is 0 Å². The van der Waals surface area contributed by atoms with Crippen molar-refractivity contribution in [1.82, 2.24) is 14.5 Å². The van der Waals surface area contributed by atoms with Crippen molar-refractivity contribution in [3.8, 4) is 0 Å². The number of rotatable bonds is 2. The number of nitrogens with zero attached hydrogens (tertiary/aromatic N) is 3. The topological polar surface area (TPSA) is 64.4 Å². The van der Waals surface area contributed by atoms with Crippen LogP contribution in [0.15, 0.2) is 22.6 Å². The van der Waals surface area contributed by atoms with Crippen LogP contribution in [0.5, 0.6) is 0 Å². The molecule has 3 heterocycles. The van der Waals surface area contributed by atoms with Crippen LogP contribution < -0.4 is 5.56 Å². The molecule has 22 heavy (non-hydrogen) atoms. The lowest BCUT2D eigenvalue weighted by Crippen LogP contribution is -2.52. The van der Waals surface area contributed by atoms with Gasteiger partial charge in [-0.25, -0.2) is 4.98 Å². The quantitative estimate of drug-likeness (QED) is 0.835. The van der Waals surface area contributed by atoms with E-state index < -0.39 is 0 Å². The van der Waals surface area contributed by atoms with Gasteiger partial charge in [0, 0.05) is 6.54 Å². The molecular formula is C15H17N3O3S. The molecule has 1 aliphatic heterocycles. The smallest absolute Gasteiger partial charge is 0.262 e. The van der Waals surface area contributed by atoms with E-state index in [1.165, 1.54) is 22.2 Å². The first-order chi connectivity index (χ1) is 10.7. The van der Waals surface area contributed by atoms with Gasteiger partial charge in [-0.3, -0.25) is 14.2 Å². The van der Waals surface area contributed by atoms with Gasteiger partial charge in [0.1, 0.15) is 11.4 Å². The highest BCUT2D eigenvalue weighted by Crippen LogP contribution is 2.29. The Morgan fingerprint density at radius 2 is 2.36 bits per heavy atom. The Kier molecular flexibility index (Phi) is 3.46. The average molecular weight is 319 g/mol. The molecule has 2 fully saturated rings. The molecule has 116 valence electrons. The highest BCUT2D eigenvalue weighted by Gasteiger charge is 2.38. The zero-order valence-corrected chi connectivity index (χ0v) is 12.9. The zero-order chi connectivity index (χ0) is 15.1. The van der Waals surface area contributed by atoms with Crippen molar-refractivity contribution < 1.29 is 9.53 Å². The summed E-state index contributed by atoms with van der Waals surface area (Å²) in [5.74, 6) is -0.0151. The summed E-state index contributed by atoms with van der Waals surface area (Å²) < 4.78 is 7.14. The molecule has 1 aliphatic carbocycles. The minimum absolute atomic E-state index is 0.0151. The van der Waals surface area contributed by atoms with Crippen LogP contribution in [0.4, 0.5) is 0 Å². The third kappa shape index (κ3) is 2.24. The van der Waals surface area contributed by atoms with Gasteiger partial charge in [0.2, 0.25) is 5.91 Å². The maximum atomic E-state index is 12.6. The molecule has 0 N–H and O–H groups in total. The van der Waals surface area contributed by atoms with Crippen LogP contribution in [0, 0.1) is 0 Å². The first-order valence-corrected chi connectivity index (χ1v) is 8.46. The number of ether oxygens (including phenoxy) is 1. The zero-order valence-electron chi connectivity index (χ0n) is 12.1. The summed E-state index contributed by atoms with van der Waals surface area (Å²) in [6.07, 6.45) is 4.77. The lowest BCUT2D eigenvalue weighted by Gasteiger charge is -2.37. The van der Waals surface area contributed by atoms with Gasteiger partial charge in [-0.15, -0.1) is 11.3 Å². The number of carbonyl (C=O) groups is 1. The van der Waals surface area contributed by atoms with Crippen LogP contribution in [-0.4, -0.2) is 45.7 Å². The number of thiophene rings is 1. The fourth-order valence-corrected chi connectivity index (χ4v) is 4.20. The van der Waals surface area contributed by atoms with Crippen molar-refractivity contribution in [3.05, 3.63) is 28.1 Å². The third-order valence-corrected chi connectivity index (χ3v) is 5.38. The number of carbonyl (C=O) groups excluding carboxylic acids is 1. The second-order valence-corrected chi connectivity index (χ2v) is 6.71. The summed E-state index contributed by atoms with van der Waals surface area (Å²) >= 11 is 1.43. The van der Waals surface area contributed by atoms with E-state index in [1.807, 2.05) is 10.3 Å². The summed E-state index contributed by atoms with van der Waals surface area (Å²) in [5.41, 5.74) is -0.143. The van der Waals surface area contributed by atoms with Gasteiger partial charge in [0.15, 0.2) is 0 Å². The number of hydrogen-bond acceptors (Lipinski definition) is 5. The molecule has 2 atom stereocenters. The number of morpholine rings is 1. The maximum absolute atomic E-state index is 12.6. The standard InChI is InChI=1S/C15H17N3O3S/c19-13(18-5-6-21-12-3-1-2-11(12)18)8-17-9-16-14-10(15(17)20)4-7-22-14/h4,7,9,11-12H,1-3,5-6,8H2/t11-,12-/m0/s1. The number of fused-ring (bicyclic) bond motifs is 2. The van der Waals surface area contributed by atoms with E-state index >= 15 is 0 Å². The summed E-state index contributed by atoms with van der Waals surface area (Å²) in [7, 11) is 0. The number of amides is 1. The Labute approximate surface area is 131 Å². The van der Waals surface area contributed by atoms with Crippen LogP contribution in [0.25, 0.3) is 10.2 Å². The van der Waals surface area contributed by atoms with E-state index in [1.54, 1.807) is 6.07 Å². The first-order valence-electron chi connectivity index (χ1n) is 7.58. The van der Waals surface area contributed by atoms with Crippen LogP contribution in [0.3, 0.4) is 0 Å². The molecule has 1 amide bonds. The molecule has 2 aromatic heterocycles. The van der Waals surface area contributed by atoms with Gasteiger partial charge in [0.05, 0.1) is 30.5 Å². The van der Waals surface area contributed by atoms with Crippen molar-refractivity contribution in [2.24, 2.45) is 0 Å². The van der Waals surface area contributed by atoms with Gasteiger partial charge < -0.3 is 9.64 Å². The van der Waals surface area contributed by atoms with E-state index in [2.05, 4.69) is 4.98 Å². The molecule has 2 aromatic rings. The second kappa shape index (κ2) is 5.48. The molecule has 0 unspecified atom stereocenters. The highest BCUT2D eigenvalue weighted by molar-refractivity contribution is 7.16. The van der Waals surface area contributed by atoms with E-state index in [9.17, 15) is 9.59 Å². The molecule has 0 aromatic carbocycles. The minimum Gasteiger partial charge on any atom is -0.374 e. The molecule has 0 bridgehead atoms. The van der Waals surface area contributed by atoms with Crippen LogP contribution >= 0.6 is 11.3 Å². The second-order valence-electron chi connectivity index (χ2n) is 5.81. The van der Waals surface area contributed by atoms with E-state index in [4.69, 9.17) is 4.74 Å². The number of hydrogen-bond donors (Lipinski definition) is 0. The Morgan fingerprint density at radius 1 is 1.45 bits per heavy atom. The molecule has 4 rings (SSSR count). The lowest BCUT2D eigenvalue weighted by atomic mass is 10.1. The molecular weight excluding hydrogens is 302 g/mol. The maximum Gasteiger partial charge on any atom is 0.262 e.